The van der Waals surface area contributed by atoms with Crippen LogP contribution in [0.4, 0.5) is 0 Å². The lowest BCUT2D eigenvalue weighted by molar-refractivity contribution is 0.287. The van der Waals surface area contributed by atoms with Crippen LogP contribution in [-0.4, -0.2) is 37.0 Å². The Kier molecular flexibility index (Phi) is 3.09. The van der Waals surface area contributed by atoms with Gasteiger partial charge in [-0.3, -0.25) is 0 Å². The molecule has 0 aliphatic heterocycles. The summed E-state index contributed by atoms with van der Waals surface area (Å²) >= 11 is 0. The molecular formula is C6H8BNO5S. The molecule has 6 nitrogen and oxygen atoms in total. The summed E-state index contributed by atoms with van der Waals surface area (Å²) in [5.74, 6) is 0.0235. The van der Waals surface area contributed by atoms with Gasteiger partial charge in [-0.05, 0) is 6.07 Å². The van der Waals surface area contributed by atoms with Crippen molar-refractivity contribution in [3.05, 3.63) is 18.3 Å². The van der Waals surface area contributed by atoms with E-state index in [1.807, 2.05) is 0 Å². The van der Waals surface area contributed by atoms with Crippen LogP contribution in [0.15, 0.2) is 23.4 Å². The number of rotatable bonds is 3. The van der Waals surface area contributed by atoms with Crippen LogP contribution in [0.3, 0.4) is 0 Å². The van der Waals surface area contributed by atoms with Gasteiger partial charge in [0.15, 0.2) is 14.9 Å². The Morgan fingerprint density at radius 3 is 2.64 bits per heavy atom. The Morgan fingerprint density at radius 1 is 1.50 bits per heavy atom. The van der Waals surface area contributed by atoms with Crippen LogP contribution < -0.4 is 4.65 Å². The van der Waals surface area contributed by atoms with Crippen molar-refractivity contribution in [1.29, 1.82) is 0 Å². The maximum absolute atomic E-state index is 11.0. The first-order valence-corrected chi connectivity index (χ1v) is 5.47. The highest BCUT2D eigenvalue weighted by Crippen LogP contribution is 2.14. The molecule has 0 aromatic carbocycles. The monoisotopic (exact) mass is 217 g/mol. The van der Waals surface area contributed by atoms with Crippen LogP contribution in [-0.2, 0) is 9.84 Å². The number of pyridine rings is 1. The quantitative estimate of drug-likeness (QED) is 0.619. The van der Waals surface area contributed by atoms with Crippen molar-refractivity contribution in [2.45, 2.75) is 5.03 Å². The molecule has 1 heterocycles. The molecule has 8 heteroatoms. The second-order valence-corrected chi connectivity index (χ2v) is 4.51. The molecule has 0 saturated carbocycles. The van der Waals surface area contributed by atoms with Crippen molar-refractivity contribution in [1.82, 2.24) is 4.98 Å². The molecule has 0 aliphatic carbocycles. The van der Waals surface area contributed by atoms with Crippen molar-refractivity contribution in [3.63, 3.8) is 0 Å². The van der Waals surface area contributed by atoms with Crippen LogP contribution in [0.5, 0.6) is 5.75 Å². The Morgan fingerprint density at radius 2 is 2.14 bits per heavy atom. The van der Waals surface area contributed by atoms with Gasteiger partial charge in [0.1, 0.15) is 5.75 Å². The molecule has 0 saturated heterocycles. The van der Waals surface area contributed by atoms with Gasteiger partial charge in [-0.1, -0.05) is 0 Å². The standard InChI is InChI=1S/C6H8BNO5S/c1-14(11,12)6-4-5(2-3-8-6)13-7(9)10/h2-4,9-10H,1H3. The topological polar surface area (TPSA) is 96.7 Å². The highest BCUT2D eigenvalue weighted by molar-refractivity contribution is 7.90. The van der Waals surface area contributed by atoms with Crippen molar-refractivity contribution < 1.29 is 23.1 Å². The fourth-order valence-electron chi connectivity index (χ4n) is 0.789. The average molecular weight is 217 g/mol. The third-order valence-corrected chi connectivity index (χ3v) is 2.31. The Labute approximate surface area is 81.3 Å². The second-order valence-electron chi connectivity index (χ2n) is 2.55. The zero-order valence-electron chi connectivity index (χ0n) is 7.28. The van der Waals surface area contributed by atoms with Crippen molar-refractivity contribution >= 4 is 17.2 Å². The minimum Gasteiger partial charge on any atom is -0.512 e. The van der Waals surface area contributed by atoms with Gasteiger partial charge in [0.05, 0.1) is 0 Å². The summed E-state index contributed by atoms with van der Waals surface area (Å²) in [6.45, 7) is 0. The zero-order chi connectivity index (χ0) is 10.8. The second kappa shape index (κ2) is 3.95. The van der Waals surface area contributed by atoms with Crippen molar-refractivity contribution in [2.75, 3.05) is 6.26 Å². The molecular weight excluding hydrogens is 209 g/mol. The van der Waals surface area contributed by atoms with Gasteiger partial charge in [-0.25, -0.2) is 13.4 Å². The fraction of sp³-hybridized carbons (Fsp3) is 0.167. The normalized spacial score (nSPS) is 11.1. The van der Waals surface area contributed by atoms with E-state index in [0.717, 1.165) is 12.3 Å². The molecule has 0 radical (unpaired) electrons. The van der Waals surface area contributed by atoms with E-state index in [0.29, 0.717) is 0 Å². The molecule has 0 amide bonds. The number of aromatic nitrogens is 1. The van der Waals surface area contributed by atoms with Gasteiger partial charge in [0.25, 0.3) is 0 Å². The van der Waals surface area contributed by atoms with Gasteiger partial charge >= 0.3 is 7.32 Å². The van der Waals surface area contributed by atoms with Gasteiger partial charge in [-0.2, -0.15) is 0 Å². The molecule has 1 aromatic heterocycles. The van der Waals surface area contributed by atoms with Gasteiger partial charge in [0.2, 0.25) is 0 Å². The van der Waals surface area contributed by atoms with Gasteiger partial charge in [-0.15, -0.1) is 0 Å². The molecule has 76 valence electrons. The predicted molar refractivity (Wildman–Crippen MR) is 48.2 cm³/mol. The van der Waals surface area contributed by atoms with E-state index in [1.54, 1.807) is 0 Å². The molecule has 14 heavy (non-hydrogen) atoms. The Bertz CT molecular complexity index is 418. The first kappa shape index (κ1) is 11.0. The summed E-state index contributed by atoms with van der Waals surface area (Å²) < 4.78 is 26.5. The highest BCUT2D eigenvalue weighted by Gasteiger charge is 2.14. The zero-order valence-corrected chi connectivity index (χ0v) is 8.10. The maximum atomic E-state index is 11.0. The molecule has 0 bridgehead atoms. The minimum atomic E-state index is -3.42. The minimum absolute atomic E-state index is 0.0235. The van der Waals surface area contributed by atoms with Gasteiger partial charge in [0, 0.05) is 18.5 Å². The third-order valence-electron chi connectivity index (χ3n) is 1.33. The lowest BCUT2D eigenvalue weighted by Crippen LogP contribution is -2.20. The maximum Gasteiger partial charge on any atom is 0.707 e. The van der Waals surface area contributed by atoms with Gasteiger partial charge < -0.3 is 14.7 Å². The largest absolute Gasteiger partial charge is 0.707 e. The van der Waals surface area contributed by atoms with E-state index < -0.39 is 17.2 Å². The smallest absolute Gasteiger partial charge is 0.512 e. The third kappa shape index (κ3) is 2.98. The Balaban J connectivity index is 3.02. The number of nitrogens with zero attached hydrogens (tertiary/aromatic N) is 1. The van der Waals surface area contributed by atoms with Crippen LogP contribution >= 0.6 is 0 Å². The summed E-state index contributed by atoms with van der Waals surface area (Å²) in [6.07, 6.45) is 2.20. The van der Waals surface area contributed by atoms with E-state index in [-0.39, 0.29) is 10.8 Å². The van der Waals surface area contributed by atoms with E-state index in [9.17, 15) is 8.42 Å². The molecule has 0 fully saturated rings. The van der Waals surface area contributed by atoms with E-state index in [2.05, 4.69) is 9.64 Å². The summed E-state index contributed by atoms with van der Waals surface area (Å²) in [6, 6.07) is 2.42. The van der Waals surface area contributed by atoms with E-state index in [1.165, 1.54) is 12.3 Å². The van der Waals surface area contributed by atoms with E-state index >= 15 is 0 Å². The van der Waals surface area contributed by atoms with E-state index in [4.69, 9.17) is 10.0 Å². The Hall–Kier alpha value is -1.12. The molecule has 1 aromatic rings. The van der Waals surface area contributed by atoms with Crippen molar-refractivity contribution in [3.8, 4) is 5.75 Å². The fourth-order valence-corrected chi connectivity index (χ4v) is 1.37. The number of sulfone groups is 1. The number of hydrogen-bond acceptors (Lipinski definition) is 6. The van der Waals surface area contributed by atoms with Crippen molar-refractivity contribution in [2.24, 2.45) is 0 Å². The molecule has 0 atom stereocenters. The molecule has 0 unspecified atom stereocenters. The lowest BCUT2D eigenvalue weighted by Gasteiger charge is -2.04. The van der Waals surface area contributed by atoms with Crippen LogP contribution in [0.25, 0.3) is 0 Å². The lowest BCUT2D eigenvalue weighted by atomic mass is 10.2. The summed E-state index contributed by atoms with van der Waals surface area (Å²) in [5, 5.41) is 16.7. The summed E-state index contributed by atoms with van der Waals surface area (Å²) in [5.41, 5.74) is 0. The molecule has 2 N–H and O–H groups in total. The predicted octanol–water partition coefficient (Wildman–Crippen LogP) is -1.17. The number of hydrogen-bond donors (Lipinski definition) is 2. The first-order valence-electron chi connectivity index (χ1n) is 3.58. The summed E-state index contributed by atoms with van der Waals surface area (Å²) in [7, 11) is -5.40. The average Bonchev–Trinajstić information content (AvgIpc) is 2.01. The van der Waals surface area contributed by atoms with Crippen LogP contribution in [0, 0.1) is 0 Å². The van der Waals surface area contributed by atoms with Crippen LogP contribution in [0.1, 0.15) is 0 Å². The summed E-state index contributed by atoms with van der Waals surface area (Å²) in [4.78, 5) is 3.59. The SMILES string of the molecule is CS(=O)(=O)c1cc(OB(O)O)ccn1. The molecule has 0 spiro atoms. The molecule has 1 rings (SSSR count). The molecule has 0 aliphatic rings. The first-order chi connectivity index (χ1) is 6.39. The highest BCUT2D eigenvalue weighted by atomic mass is 32.2. The van der Waals surface area contributed by atoms with Crippen LogP contribution in [0.2, 0.25) is 0 Å².